The van der Waals surface area contributed by atoms with Crippen LogP contribution in [0, 0.1) is 0 Å². The van der Waals surface area contributed by atoms with E-state index in [1.807, 2.05) is 30.3 Å². The van der Waals surface area contributed by atoms with Gasteiger partial charge in [0.2, 0.25) is 5.91 Å². The minimum absolute atomic E-state index is 0.0448. The summed E-state index contributed by atoms with van der Waals surface area (Å²) < 4.78 is 5.35. The normalized spacial score (nSPS) is 19.3. The van der Waals surface area contributed by atoms with Gasteiger partial charge in [-0.3, -0.25) is 4.79 Å². The van der Waals surface area contributed by atoms with E-state index in [0.717, 1.165) is 12.0 Å². The lowest BCUT2D eigenvalue weighted by Gasteiger charge is -2.26. The number of amides is 1. The summed E-state index contributed by atoms with van der Waals surface area (Å²) in [6.45, 7) is 2.67. The number of benzene rings is 1. The zero-order chi connectivity index (χ0) is 15.2. The number of hydrogen-bond donors (Lipinski definition) is 1. The lowest BCUT2D eigenvalue weighted by Crippen LogP contribution is -2.48. The summed E-state index contributed by atoms with van der Waals surface area (Å²) in [6, 6.07) is 8.82. The Morgan fingerprint density at radius 2 is 2.10 bits per heavy atom. The molecule has 1 aliphatic heterocycles. The average Bonchev–Trinajstić information content (AvgIpc) is 3.01. The Morgan fingerprint density at radius 1 is 1.38 bits per heavy atom. The van der Waals surface area contributed by atoms with Gasteiger partial charge in [0.05, 0.1) is 6.04 Å². The maximum atomic E-state index is 12.2. The van der Waals surface area contributed by atoms with Crippen LogP contribution in [-0.4, -0.2) is 42.5 Å². The molecule has 0 unspecified atom stereocenters. The highest BCUT2D eigenvalue weighted by Gasteiger charge is 2.36. The number of nitrogens with zero attached hydrogens (tertiary/aromatic N) is 1. The predicted molar refractivity (Wildman–Crippen MR) is 79.5 cm³/mol. The minimum Gasteiger partial charge on any atom is -0.459 e. The van der Waals surface area contributed by atoms with Crippen LogP contribution in [0.4, 0.5) is 0 Å². The predicted octanol–water partition coefficient (Wildman–Crippen LogP) is 1.33. The van der Waals surface area contributed by atoms with E-state index in [1.165, 1.54) is 0 Å². The zero-order valence-corrected chi connectivity index (χ0v) is 12.5. The number of nitrogens with one attached hydrogen (secondary N) is 1. The lowest BCUT2D eigenvalue weighted by atomic mass is 10.2. The molecule has 1 saturated heterocycles. The molecule has 1 N–H and O–H groups in total. The fraction of sp³-hybridized carbons (Fsp3) is 0.500. The Labute approximate surface area is 125 Å². The largest absolute Gasteiger partial charge is 0.459 e. The number of rotatable bonds is 5. The summed E-state index contributed by atoms with van der Waals surface area (Å²) in [7, 11) is 1.74. The van der Waals surface area contributed by atoms with Gasteiger partial charge in [0, 0.05) is 6.54 Å². The van der Waals surface area contributed by atoms with Gasteiger partial charge in [-0.2, -0.15) is 0 Å². The molecular weight excluding hydrogens is 268 g/mol. The van der Waals surface area contributed by atoms with E-state index >= 15 is 0 Å². The average molecular weight is 290 g/mol. The summed E-state index contributed by atoms with van der Waals surface area (Å²) >= 11 is 0. The van der Waals surface area contributed by atoms with Crippen molar-refractivity contribution in [2.45, 2.75) is 38.5 Å². The Balaban J connectivity index is 1.93. The highest BCUT2D eigenvalue weighted by Crippen LogP contribution is 2.20. The van der Waals surface area contributed by atoms with Crippen molar-refractivity contribution in [3.8, 4) is 0 Å². The van der Waals surface area contributed by atoms with Gasteiger partial charge in [0.1, 0.15) is 12.6 Å². The molecule has 0 radical (unpaired) electrons. The van der Waals surface area contributed by atoms with Crippen LogP contribution in [0.5, 0.6) is 0 Å². The summed E-state index contributed by atoms with van der Waals surface area (Å²) in [5.41, 5.74) is 0.949. The van der Waals surface area contributed by atoms with Crippen molar-refractivity contribution in [1.82, 2.24) is 10.2 Å². The fourth-order valence-corrected chi connectivity index (χ4v) is 2.47. The molecule has 0 bridgehead atoms. The van der Waals surface area contributed by atoms with Crippen molar-refractivity contribution in [3.63, 3.8) is 0 Å². The maximum Gasteiger partial charge on any atom is 0.329 e. The molecule has 0 spiro atoms. The number of carbonyl (C=O) groups excluding carboxylic acids is 2. The molecule has 1 fully saturated rings. The van der Waals surface area contributed by atoms with E-state index in [4.69, 9.17) is 4.74 Å². The highest BCUT2D eigenvalue weighted by molar-refractivity contribution is 5.87. The van der Waals surface area contributed by atoms with Crippen LogP contribution in [0.25, 0.3) is 0 Å². The monoisotopic (exact) mass is 290 g/mol. The van der Waals surface area contributed by atoms with E-state index in [9.17, 15) is 9.59 Å². The van der Waals surface area contributed by atoms with Crippen molar-refractivity contribution in [3.05, 3.63) is 35.9 Å². The molecule has 1 amide bonds. The molecule has 5 heteroatoms. The van der Waals surface area contributed by atoms with Gasteiger partial charge in [0.25, 0.3) is 0 Å². The zero-order valence-electron chi connectivity index (χ0n) is 12.5. The van der Waals surface area contributed by atoms with E-state index in [2.05, 4.69) is 5.32 Å². The van der Waals surface area contributed by atoms with E-state index < -0.39 is 6.04 Å². The number of ether oxygens (including phenoxy) is 1. The molecular formula is C16H22N2O3. The van der Waals surface area contributed by atoms with E-state index in [0.29, 0.717) is 13.0 Å². The third kappa shape index (κ3) is 3.82. The van der Waals surface area contributed by atoms with Crippen LogP contribution < -0.4 is 5.32 Å². The third-order valence-corrected chi connectivity index (χ3v) is 3.84. The molecule has 0 aromatic heterocycles. The van der Waals surface area contributed by atoms with Crippen LogP contribution in [0.1, 0.15) is 25.3 Å². The first kappa shape index (κ1) is 15.5. The van der Waals surface area contributed by atoms with Gasteiger partial charge in [0.15, 0.2) is 0 Å². The van der Waals surface area contributed by atoms with Gasteiger partial charge >= 0.3 is 5.97 Å². The van der Waals surface area contributed by atoms with Crippen LogP contribution in [0.2, 0.25) is 0 Å². The quantitative estimate of drug-likeness (QED) is 0.831. The summed E-state index contributed by atoms with van der Waals surface area (Å²) in [4.78, 5) is 26.1. The first-order valence-corrected chi connectivity index (χ1v) is 7.31. The van der Waals surface area contributed by atoms with Crippen molar-refractivity contribution in [1.29, 1.82) is 0 Å². The van der Waals surface area contributed by atoms with Crippen molar-refractivity contribution < 1.29 is 14.3 Å². The van der Waals surface area contributed by atoms with Crippen LogP contribution in [0.3, 0.4) is 0 Å². The molecule has 1 aliphatic rings. The number of hydrogen-bond acceptors (Lipinski definition) is 4. The molecule has 0 aliphatic carbocycles. The van der Waals surface area contributed by atoms with Crippen molar-refractivity contribution in [2.24, 2.45) is 0 Å². The second kappa shape index (κ2) is 7.22. The first-order valence-electron chi connectivity index (χ1n) is 7.31. The molecule has 21 heavy (non-hydrogen) atoms. The number of likely N-dealkylation sites (tertiary alicyclic amines) is 1. The van der Waals surface area contributed by atoms with Crippen molar-refractivity contribution in [2.75, 3.05) is 13.6 Å². The van der Waals surface area contributed by atoms with Crippen LogP contribution in [0.15, 0.2) is 30.3 Å². The van der Waals surface area contributed by atoms with Crippen LogP contribution in [-0.2, 0) is 20.9 Å². The fourth-order valence-electron chi connectivity index (χ4n) is 2.47. The maximum absolute atomic E-state index is 12.2. The minimum atomic E-state index is -0.447. The summed E-state index contributed by atoms with van der Waals surface area (Å²) in [5.74, 6) is -0.357. The molecule has 0 saturated carbocycles. The molecule has 5 nitrogen and oxygen atoms in total. The van der Waals surface area contributed by atoms with Gasteiger partial charge in [-0.05, 0) is 32.4 Å². The highest BCUT2D eigenvalue weighted by atomic mass is 16.5. The Kier molecular flexibility index (Phi) is 5.33. The SMILES string of the molecule is CN[C@H](C)C(=O)N1CCC[C@H]1C(=O)OCc1ccccc1. The number of esters is 1. The third-order valence-electron chi connectivity index (χ3n) is 3.84. The summed E-state index contributed by atoms with van der Waals surface area (Å²) in [6.07, 6.45) is 1.52. The molecule has 1 heterocycles. The summed E-state index contributed by atoms with van der Waals surface area (Å²) in [5, 5.41) is 2.92. The Bertz CT molecular complexity index is 490. The Morgan fingerprint density at radius 3 is 2.76 bits per heavy atom. The smallest absolute Gasteiger partial charge is 0.329 e. The van der Waals surface area contributed by atoms with E-state index in [1.54, 1.807) is 18.9 Å². The molecule has 2 atom stereocenters. The first-order chi connectivity index (χ1) is 10.1. The molecule has 1 aromatic rings. The van der Waals surface area contributed by atoms with Gasteiger partial charge < -0.3 is 15.0 Å². The van der Waals surface area contributed by atoms with Gasteiger partial charge in [-0.1, -0.05) is 30.3 Å². The number of carbonyl (C=O) groups is 2. The lowest BCUT2D eigenvalue weighted by molar-refractivity contribution is -0.155. The van der Waals surface area contributed by atoms with Crippen molar-refractivity contribution >= 4 is 11.9 Å². The molecule has 2 rings (SSSR count). The second-order valence-corrected chi connectivity index (χ2v) is 5.29. The van der Waals surface area contributed by atoms with E-state index in [-0.39, 0.29) is 24.5 Å². The molecule has 1 aromatic carbocycles. The van der Waals surface area contributed by atoms with Gasteiger partial charge in [-0.15, -0.1) is 0 Å². The van der Waals surface area contributed by atoms with Gasteiger partial charge in [-0.25, -0.2) is 4.79 Å². The Hall–Kier alpha value is -1.88. The standard InChI is InChI=1S/C16H22N2O3/c1-12(17-2)15(19)18-10-6-9-14(18)16(20)21-11-13-7-4-3-5-8-13/h3-5,7-8,12,14,17H,6,9-11H2,1-2H3/t12-,14+/m1/s1. The van der Waals surface area contributed by atoms with Crippen LogP contribution >= 0.6 is 0 Å². The topological polar surface area (TPSA) is 58.6 Å². The number of likely N-dealkylation sites (N-methyl/N-ethyl adjacent to an activating group) is 1. The molecule has 114 valence electrons. The second-order valence-electron chi connectivity index (χ2n) is 5.29.